The summed E-state index contributed by atoms with van der Waals surface area (Å²) in [6, 6.07) is 14.3. The van der Waals surface area contributed by atoms with Crippen LogP contribution in [0, 0.1) is 6.92 Å². The molecule has 4 aromatic rings. The van der Waals surface area contributed by atoms with Gasteiger partial charge in [0.2, 0.25) is 0 Å². The highest BCUT2D eigenvalue weighted by molar-refractivity contribution is 5.94. The van der Waals surface area contributed by atoms with Gasteiger partial charge in [0, 0.05) is 22.8 Å². The van der Waals surface area contributed by atoms with Crippen molar-refractivity contribution in [2.45, 2.75) is 6.92 Å². The number of nitrogens with zero attached hydrogens (tertiary/aromatic N) is 3. The molecule has 0 saturated heterocycles. The molecule has 0 aliphatic rings. The fraction of sp³-hybridized carbons (Fsp3) is 0.0625. The zero-order valence-electron chi connectivity index (χ0n) is 11.0. The summed E-state index contributed by atoms with van der Waals surface area (Å²) in [4.78, 5) is 9.03. The Hall–Kier alpha value is -2.75. The average Bonchev–Trinajstić information content (AvgIpc) is 2.88. The number of aryl methyl sites for hydroxylation is 1. The highest BCUT2D eigenvalue weighted by Crippen LogP contribution is 2.28. The maximum Gasteiger partial charge on any atom is 0.181 e. The lowest BCUT2D eigenvalue weighted by molar-refractivity contribution is 1.05. The number of hydrogen-bond donors (Lipinski definition) is 1. The zero-order chi connectivity index (χ0) is 13.5. The number of aromatic amines is 1. The number of hydrogen-bond acceptors (Lipinski definition) is 3. The average molecular weight is 260 g/mol. The largest absolute Gasteiger partial charge is 0.280 e. The molecule has 4 nitrogen and oxygen atoms in total. The minimum Gasteiger partial charge on any atom is -0.280 e. The molecule has 4 heteroatoms. The van der Waals surface area contributed by atoms with Crippen molar-refractivity contribution in [2.75, 3.05) is 0 Å². The summed E-state index contributed by atoms with van der Waals surface area (Å²) in [6.45, 7) is 2.00. The molecular formula is C16H12N4. The van der Waals surface area contributed by atoms with Gasteiger partial charge in [-0.3, -0.25) is 5.10 Å². The molecule has 0 fully saturated rings. The Morgan fingerprint density at radius 3 is 2.85 bits per heavy atom. The molecule has 20 heavy (non-hydrogen) atoms. The Kier molecular flexibility index (Phi) is 2.29. The number of para-hydroxylation sites is 1. The monoisotopic (exact) mass is 260 g/mol. The highest BCUT2D eigenvalue weighted by Gasteiger charge is 2.11. The molecule has 0 amide bonds. The second-order valence-corrected chi connectivity index (χ2v) is 4.79. The van der Waals surface area contributed by atoms with E-state index in [1.54, 1.807) is 6.20 Å². The summed E-state index contributed by atoms with van der Waals surface area (Å²) in [5.74, 6) is 0. The van der Waals surface area contributed by atoms with E-state index in [4.69, 9.17) is 4.98 Å². The molecule has 0 spiro atoms. The Morgan fingerprint density at radius 2 is 1.90 bits per heavy atom. The van der Waals surface area contributed by atoms with E-state index in [-0.39, 0.29) is 0 Å². The molecule has 0 unspecified atom stereocenters. The first-order valence-electron chi connectivity index (χ1n) is 6.49. The summed E-state index contributed by atoms with van der Waals surface area (Å²) < 4.78 is 0. The molecule has 96 valence electrons. The SMILES string of the molecule is Cc1[nH]nc2nccc(-c3ccc4ccccc4n3)c12. The maximum atomic E-state index is 4.75. The Bertz CT molecular complexity index is 924. The Morgan fingerprint density at radius 1 is 1.00 bits per heavy atom. The third-order valence-corrected chi connectivity index (χ3v) is 3.51. The lowest BCUT2D eigenvalue weighted by atomic mass is 10.1. The molecule has 0 radical (unpaired) electrons. The smallest absolute Gasteiger partial charge is 0.181 e. The summed E-state index contributed by atoms with van der Waals surface area (Å²) in [7, 11) is 0. The molecule has 3 heterocycles. The second kappa shape index (κ2) is 4.13. The van der Waals surface area contributed by atoms with Crippen LogP contribution < -0.4 is 0 Å². The number of nitrogens with one attached hydrogen (secondary N) is 1. The summed E-state index contributed by atoms with van der Waals surface area (Å²) in [5, 5.41) is 9.37. The van der Waals surface area contributed by atoms with Crippen molar-refractivity contribution >= 4 is 21.9 Å². The molecule has 0 atom stereocenters. The van der Waals surface area contributed by atoms with Crippen molar-refractivity contribution in [1.29, 1.82) is 0 Å². The Balaban J connectivity index is 2.03. The van der Waals surface area contributed by atoms with Crippen LogP contribution in [0.25, 0.3) is 33.2 Å². The molecule has 1 aromatic carbocycles. The highest BCUT2D eigenvalue weighted by atomic mass is 15.1. The molecule has 0 aliphatic heterocycles. The number of H-pyrrole nitrogens is 1. The van der Waals surface area contributed by atoms with Gasteiger partial charge >= 0.3 is 0 Å². The van der Waals surface area contributed by atoms with Crippen molar-refractivity contribution in [2.24, 2.45) is 0 Å². The van der Waals surface area contributed by atoms with E-state index in [1.165, 1.54) is 0 Å². The van der Waals surface area contributed by atoms with Gasteiger partial charge in [0.15, 0.2) is 5.65 Å². The third-order valence-electron chi connectivity index (χ3n) is 3.51. The summed E-state index contributed by atoms with van der Waals surface area (Å²) >= 11 is 0. The number of rotatable bonds is 1. The van der Waals surface area contributed by atoms with Crippen molar-refractivity contribution in [3.63, 3.8) is 0 Å². The van der Waals surface area contributed by atoms with Crippen molar-refractivity contribution < 1.29 is 0 Å². The van der Waals surface area contributed by atoms with E-state index in [9.17, 15) is 0 Å². The minimum atomic E-state index is 0.731. The second-order valence-electron chi connectivity index (χ2n) is 4.79. The summed E-state index contributed by atoms with van der Waals surface area (Å²) in [6.07, 6.45) is 1.77. The van der Waals surface area contributed by atoms with E-state index in [2.05, 4.69) is 27.3 Å². The molecule has 0 bridgehead atoms. The van der Waals surface area contributed by atoms with E-state index < -0.39 is 0 Å². The molecule has 1 N–H and O–H groups in total. The molecule has 4 rings (SSSR count). The standard InChI is InChI=1S/C16H12N4/c1-10-15-12(8-9-17-16(15)20-19-10)14-7-6-11-4-2-3-5-13(11)18-14/h2-9H,1H3,(H,17,19,20). The lowest BCUT2D eigenvalue weighted by Gasteiger charge is -2.04. The van der Waals surface area contributed by atoms with Crippen LogP contribution in [0.3, 0.4) is 0 Å². The van der Waals surface area contributed by atoms with Gasteiger partial charge in [0.1, 0.15) is 0 Å². The number of aromatic nitrogens is 4. The van der Waals surface area contributed by atoms with E-state index in [0.717, 1.165) is 38.9 Å². The number of pyridine rings is 2. The molecule has 0 saturated carbocycles. The van der Waals surface area contributed by atoms with Gasteiger partial charge in [-0.2, -0.15) is 5.10 Å². The van der Waals surface area contributed by atoms with Gasteiger partial charge in [0.05, 0.1) is 16.6 Å². The normalized spacial score (nSPS) is 11.2. The molecular weight excluding hydrogens is 248 g/mol. The topological polar surface area (TPSA) is 54.5 Å². The van der Waals surface area contributed by atoms with Crippen LogP contribution in [-0.4, -0.2) is 20.2 Å². The van der Waals surface area contributed by atoms with Crippen LogP contribution in [0.1, 0.15) is 5.69 Å². The lowest BCUT2D eigenvalue weighted by Crippen LogP contribution is -1.88. The summed E-state index contributed by atoms with van der Waals surface area (Å²) in [5.41, 5.74) is 4.75. The predicted octanol–water partition coefficient (Wildman–Crippen LogP) is 3.48. The number of benzene rings is 1. The van der Waals surface area contributed by atoms with Gasteiger partial charge in [0.25, 0.3) is 0 Å². The molecule has 3 aromatic heterocycles. The van der Waals surface area contributed by atoms with Crippen molar-refractivity contribution in [1.82, 2.24) is 20.2 Å². The quantitative estimate of drug-likeness (QED) is 0.570. The predicted molar refractivity (Wildman–Crippen MR) is 79.4 cm³/mol. The first-order valence-corrected chi connectivity index (χ1v) is 6.49. The van der Waals surface area contributed by atoms with Crippen LogP contribution in [0.2, 0.25) is 0 Å². The van der Waals surface area contributed by atoms with Crippen LogP contribution >= 0.6 is 0 Å². The maximum absolute atomic E-state index is 4.75. The van der Waals surface area contributed by atoms with Gasteiger partial charge < -0.3 is 0 Å². The van der Waals surface area contributed by atoms with Crippen LogP contribution in [0.5, 0.6) is 0 Å². The van der Waals surface area contributed by atoms with Gasteiger partial charge in [-0.25, -0.2) is 9.97 Å². The van der Waals surface area contributed by atoms with Gasteiger partial charge in [-0.1, -0.05) is 24.3 Å². The number of fused-ring (bicyclic) bond motifs is 2. The van der Waals surface area contributed by atoms with Crippen molar-refractivity contribution in [3.8, 4) is 11.3 Å². The van der Waals surface area contributed by atoms with Gasteiger partial charge in [-0.05, 0) is 25.1 Å². The molecule has 0 aliphatic carbocycles. The first kappa shape index (κ1) is 11.1. The van der Waals surface area contributed by atoms with Crippen LogP contribution in [0.15, 0.2) is 48.7 Å². The Labute approximate surface area is 115 Å². The van der Waals surface area contributed by atoms with Crippen LogP contribution in [0.4, 0.5) is 0 Å². The fourth-order valence-corrected chi connectivity index (χ4v) is 2.53. The van der Waals surface area contributed by atoms with Gasteiger partial charge in [-0.15, -0.1) is 0 Å². The van der Waals surface area contributed by atoms with E-state index >= 15 is 0 Å². The minimum absolute atomic E-state index is 0.731. The first-order chi connectivity index (χ1) is 9.83. The van der Waals surface area contributed by atoms with Crippen molar-refractivity contribution in [3.05, 3.63) is 54.4 Å². The fourth-order valence-electron chi connectivity index (χ4n) is 2.53. The van der Waals surface area contributed by atoms with E-state index in [0.29, 0.717) is 0 Å². The zero-order valence-corrected chi connectivity index (χ0v) is 11.0. The van der Waals surface area contributed by atoms with E-state index in [1.807, 2.05) is 37.3 Å². The third kappa shape index (κ3) is 1.58. The van der Waals surface area contributed by atoms with Crippen LogP contribution in [-0.2, 0) is 0 Å².